The first kappa shape index (κ1) is 15.5. The standard InChI is InChI=1S/C15H20Br2O2/c1-2-3-4-7-12(17)13-10-15-14(19-13)9-11(18-15)6-5-8-16/h3-4,6,8,11-15H,2,7,9-10H2,1H3/b4-3+/t5?,11-,12?,13-,14-,15-/m1/s1. The van der Waals surface area contributed by atoms with Crippen LogP contribution >= 0.6 is 31.9 Å². The van der Waals surface area contributed by atoms with E-state index in [0.29, 0.717) is 4.83 Å². The van der Waals surface area contributed by atoms with Crippen molar-refractivity contribution in [3.63, 3.8) is 0 Å². The van der Waals surface area contributed by atoms with E-state index in [1.807, 2.05) is 6.08 Å². The Balaban J connectivity index is 1.80. The van der Waals surface area contributed by atoms with Gasteiger partial charge in [-0.2, -0.15) is 0 Å². The molecule has 0 aromatic rings. The highest BCUT2D eigenvalue weighted by atomic mass is 79.9. The van der Waals surface area contributed by atoms with E-state index in [-0.39, 0.29) is 24.4 Å². The van der Waals surface area contributed by atoms with Crippen LogP contribution in [0.25, 0.3) is 0 Å². The topological polar surface area (TPSA) is 18.5 Å². The molecule has 2 nitrogen and oxygen atoms in total. The summed E-state index contributed by atoms with van der Waals surface area (Å²) in [5, 5.41) is 0. The minimum atomic E-state index is 0.151. The van der Waals surface area contributed by atoms with Crippen LogP contribution in [-0.4, -0.2) is 29.2 Å². The molecule has 0 aromatic carbocycles. The van der Waals surface area contributed by atoms with E-state index in [4.69, 9.17) is 9.47 Å². The lowest BCUT2D eigenvalue weighted by Crippen LogP contribution is -2.22. The molecule has 2 heterocycles. The van der Waals surface area contributed by atoms with Crippen LogP contribution in [0.1, 0.15) is 32.6 Å². The lowest BCUT2D eigenvalue weighted by molar-refractivity contribution is 0.0378. The van der Waals surface area contributed by atoms with E-state index in [9.17, 15) is 0 Å². The van der Waals surface area contributed by atoms with Crippen LogP contribution in [0.4, 0.5) is 0 Å². The van der Waals surface area contributed by atoms with Crippen molar-refractivity contribution in [2.24, 2.45) is 0 Å². The molecule has 0 amide bonds. The highest BCUT2D eigenvalue weighted by molar-refractivity contribution is 9.11. The van der Waals surface area contributed by atoms with Crippen LogP contribution in [0, 0.1) is 0 Å². The summed E-state index contributed by atoms with van der Waals surface area (Å²) in [7, 11) is 0. The number of ether oxygens (including phenoxy) is 2. The number of halogens is 2. The van der Waals surface area contributed by atoms with E-state index in [2.05, 4.69) is 56.7 Å². The molecule has 0 saturated carbocycles. The second-order valence-electron chi connectivity index (χ2n) is 4.97. The fourth-order valence-corrected chi connectivity index (χ4v) is 3.35. The first-order valence-corrected chi connectivity index (χ1v) is 8.69. The molecule has 2 saturated heterocycles. The molecule has 0 aliphatic carbocycles. The Morgan fingerprint density at radius 1 is 1.26 bits per heavy atom. The number of allylic oxidation sites excluding steroid dienone is 2. The number of fused-ring (bicyclic) bond motifs is 1. The van der Waals surface area contributed by atoms with Crippen molar-refractivity contribution in [3.8, 4) is 0 Å². The molecule has 1 unspecified atom stereocenters. The molecule has 4 heteroatoms. The Morgan fingerprint density at radius 2 is 2.05 bits per heavy atom. The zero-order chi connectivity index (χ0) is 13.7. The summed E-state index contributed by atoms with van der Waals surface area (Å²) in [4.78, 5) is 2.11. The second-order valence-corrected chi connectivity index (χ2v) is 6.61. The Labute approximate surface area is 132 Å². The van der Waals surface area contributed by atoms with E-state index < -0.39 is 0 Å². The van der Waals surface area contributed by atoms with Crippen molar-refractivity contribution in [2.45, 2.75) is 61.9 Å². The fraction of sp³-hybridized carbons (Fsp3) is 0.667. The van der Waals surface area contributed by atoms with Crippen LogP contribution in [0.5, 0.6) is 0 Å². The minimum absolute atomic E-state index is 0.151. The van der Waals surface area contributed by atoms with Crippen LogP contribution < -0.4 is 0 Å². The van der Waals surface area contributed by atoms with Gasteiger partial charge in [-0.25, -0.2) is 0 Å². The third-order valence-corrected chi connectivity index (χ3v) is 4.78. The average Bonchev–Trinajstić information content (AvgIpc) is 2.94. The van der Waals surface area contributed by atoms with Crippen LogP contribution in [0.3, 0.4) is 0 Å². The lowest BCUT2D eigenvalue weighted by atomic mass is 10.1. The summed E-state index contributed by atoms with van der Waals surface area (Å²) in [6.45, 7) is 2.15. The molecule has 2 aliphatic rings. The summed E-state index contributed by atoms with van der Waals surface area (Å²) in [5.41, 5.74) is 3.02. The van der Waals surface area contributed by atoms with Gasteiger partial charge in [0.2, 0.25) is 0 Å². The van der Waals surface area contributed by atoms with Gasteiger partial charge in [-0.1, -0.05) is 50.9 Å². The lowest BCUT2D eigenvalue weighted by Gasteiger charge is -2.18. The summed E-state index contributed by atoms with van der Waals surface area (Å²) in [6, 6.07) is 0. The number of alkyl halides is 1. The predicted molar refractivity (Wildman–Crippen MR) is 84.9 cm³/mol. The van der Waals surface area contributed by atoms with Gasteiger partial charge >= 0.3 is 0 Å². The first-order valence-electron chi connectivity index (χ1n) is 6.85. The van der Waals surface area contributed by atoms with Gasteiger partial charge in [0, 0.05) is 22.7 Å². The maximum atomic E-state index is 6.11. The van der Waals surface area contributed by atoms with Gasteiger partial charge in [-0.3, -0.25) is 0 Å². The van der Waals surface area contributed by atoms with Gasteiger partial charge in [-0.15, -0.1) is 5.73 Å². The highest BCUT2D eigenvalue weighted by Gasteiger charge is 2.44. The Bertz CT molecular complexity index is 360. The highest BCUT2D eigenvalue weighted by Crippen LogP contribution is 2.37. The largest absolute Gasteiger partial charge is 0.371 e. The van der Waals surface area contributed by atoms with Crippen molar-refractivity contribution in [3.05, 3.63) is 28.9 Å². The predicted octanol–water partition coefficient (Wildman–Crippen LogP) is 4.48. The number of hydrogen-bond donors (Lipinski definition) is 0. The normalized spacial score (nSPS) is 35.1. The first-order chi connectivity index (χ1) is 9.24. The third kappa shape index (κ3) is 4.30. The Kier molecular flexibility index (Phi) is 6.37. The van der Waals surface area contributed by atoms with E-state index in [1.54, 1.807) is 4.99 Å². The Hall–Kier alpha value is 0.140. The summed E-state index contributed by atoms with van der Waals surface area (Å²) in [6.07, 6.45) is 11.4. The molecule has 0 spiro atoms. The van der Waals surface area contributed by atoms with Gasteiger partial charge in [0.15, 0.2) is 0 Å². The smallest absolute Gasteiger partial charge is 0.0871 e. The summed E-state index contributed by atoms with van der Waals surface area (Å²) < 4.78 is 12.1. The fourth-order valence-electron chi connectivity index (χ4n) is 2.64. The Morgan fingerprint density at radius 3 is 2.74 bits per heavy atom. The van der Waals surface area contributed by atoms with Gasteiger partial charge in [0.1, 0.15) is 0 Å². The number of hydrogen-bond acceptors (Lipinski definition) is 2. The maximum absolute atomic E-state index is 6.11. The number of rotatable bonds is 5. The van der Waals surface area contributed by atoms with Crippen molar-refractivity contribution in [2.75, 3.05) is 0 Å². The summed E-state index contributed by atoms with van der Waals surface area (Å²) in [5.74, 6) is 0. The van der Waals surface area contributed by atoms with Gasteiger partial charge in [0.05, 0.1) is 24.4 Å². The molecule has 19 heavy (non-hydrogen) atoms. The van der Waals surface area contributed by atoms with Crippen molar-refractivity contribution < 1.29 is 9.47 Å². The van der Waals surface area contributed by atoms with E-state index in [1.165, 1.54) is 0 Å². The molecule has 5 atom stereocenters. The van der Waals surface area contributed by atoms with Crippen LogP contribution in [-0.2, 0) is 9.47 Å². The van der Waals surface area contributed by atoms with Crippen molar-refractivity contribution >= 4 is 31.9 Å². The molecule has 2 aliphatic heterocycles. The molecular formula is C15H20Br2O2. The average molecular weight is 392 g/mol. The van der Waals surface area contributed by atoms with Crippen LogP contribution in [0.15, 0.2) is 28.9 Å². The molecular weight excluding hydrogens is 372 g/mol. The van der Waals surface area contributed by atoms with Crippen molar-refractivity contribution in [1.82, 2.24) is 0 Å². The summed E-state index contributed by atoms with van der Waals surface area (Å²) >= 11 is 6.95. The minimum Gasteiger partial charge on any atom is -0.371 e. The quantitative estimate of drug-likeness (QED) is 0.390. The SMILES string of the molecule is CC/C=C/CC(Br)[C@H]1C[C@H]2O[C@H](C=C=CBr)C[C@H]2O1. The van der Waals surface area contributed by atoms with Gasteiger partial charge in [-0.05, 0) is 18.9 Å². The molecule has 0 radical (unpaired) electrons. The zero-order valence-electron chi connectivity index (χ0n) is 11.1. The molecule has 0 N–H and O–H groups in total. The zero-order valence-corrected chi connectivity index (χ0v) is 14.3. The molecule has 2 fully saturated rings. The van der Waals surface area contributed by atoms with Gasteiger partial charge in [0.25, 0.3) is 0 Å². The third-order valence-electron chi connectivity index (χ3n) is 3.56. The molecule has 2 rings (SSSR count). The van der Waals surface area contributed by atoms with E-state index in [0.717, 1.165) is 25.7 Å². The van der Waals surface area contributed by atoms with Crippen LogP contribution in [0.2, 0.25) is 0 Å². The molecule has 0 aromatic heterocycles. The maximum Gasteiger partial charge on any atom is 0.0871 e. The monoisotopic (exact) mass is 390 g/mol. The van der Waals surface area contributed by atoms with Gasteiger partial charge < -0.3 is 9.47 Å². The van der Waals surface area contributed by atoms with E-state index >= 15 is 0 Å². The molecule has 106 valence electrons. The molecule has 0 bridgehead atoms. The van der Waals surface area contributed by atoms with Crippen molar-refractivity contribution in [1.29, 1.82) is 0 Å². The second kappa shape index (κ2) is 7.80.